The largest absolute Gasteiger partial charge is 0.464 e. The second-order valence-electron chi connectivity index (χ2n) is 3.97. The van der Waals surface area contributed by atoms with Crippen LogP contribution in [-0.2, 0) is 4.74 Å². The molecule has 0 fully saturated rings. The van der Waals surface area contributed by atoms with Gasteiger partial charge in [0, 0.05) is 26.5 Å². The Hall–Kier alpha value is -1.55. The van der Waals surface area contributed by atoms with Gasteiger partial charge in [-0.1, -0.05) is 0 Å². The molecule has 2 aromatic heterocycles. The van der Waals surface area contributed by atoms with Gasteiger partial charge in [-0.2, -0.15) is 0 Å². The van der Waals surface area contributed by atoms with Crippen molar-refractivity contribution in [3.8, 4) is 0 Å². The van der Waals surface area contributed by atoms with E-state index in [1.54, 1.807) is 19.6 Å². The number of hydrogen-bond acceptors (Lipinski definition) is 4. The number of nitrogens with one attached hydrogen (secondary N) is 1. The Morgan fingerprint density at radius 2 is 2.24 bits per heavy atom. The summed E-state index contributed by atoms with van der Waals surface area (Å²) < 4.78 is 10.3. The maximum Gasteiger partial charge on any atom is 0.139 e. The molecule has 0 aliphatic rings. The van der Waals surface area contributed by atoms with Crippen molar-refractivity contribution in [2.24, 2.45) is 0 Å². The van der Waals surface area contributed by atoms with Crippen LogP contribution in [0.2, 0.25) is 0 Å². The Morgan fingerprint density at radius 1 is 1.29 bits per heavy atom. The molecule has 0 amide bonds. The van der Waals surface area contributed by atoms with Crippen molar-refractivity contribution >= 4 is 16.8 Å². The third kappa shape index (κ3) is 3.20. The van der Waals surface area contributed by atoms with Gasteiger partial charge in [0.15, 0.2) is 0 Å². The molecule has 4 heteroatoms. The molecule has 2 aromatic rings. The van der Waals surface area contributed by atoms with Crippen LogP contribution < -0.4 is 5.32 Å². The number of aromatic nitrogens is 1. The number of fused-ring (bicyclic) bond motifs is 1. The third-order valence-corrected chi connectivity index (χ3v) is 2.70. The lowest BCUT2D eigenvalue weighted by molar-refractivity contribution is 0.192. The summed E-state index contributed by atoms with van der Waals surface area (Å²) in [6.45, 7) is 1.77. The number of furan rings is 1. The molecule has 0 saturated heterocycles. The lowest BCUT2D eigenvalue weighted by atomic mass is 10.2. The first-order valence-corrected chi connectivity index (χ1v) is 5.97. The molecule has 1 N–H and O–H groups in total. The molecule has 2 rings (SSSR count). The lowest BCUT2D eigenvalue weighted by Gasteiger charge is -2.05. The van der Waals surface area contributed by atoms with Gasteiger partial charge in [-0.15, -0.1) is 0 Å². The van der Waals surface area contributed by atoms with Crippen molar-refractivity contribution in [3.05, 3.63) is 24.6 Å². The van der Waals surface area contributed by atoms with Crippen LogP contribution >= 0.6 is 0 Å². The average molecular weight is 234 g/mol. The number of anilines is 1. The van der Waals surface area contributed by atoms with E-state index in [-0.39, 0.29) is 0 Å². The van der Waals surface area contributed by atoms with Gasteiger partial charge in [-0.05, 0) is 31.4 Å². The van der Waals surface area contributed by atoms with E-state index < -0.39 is 0 Å². The zero-order chi connectivity index (χ0) is 11.9. The second-order valence-corrected chi connectivity index (χ2v) is 3.97. The number of nitrogens with zero attached hydrogens (tertiary/aromatic N) is 1. The summed E-state index contributed by atoms with van der Waals surface area (Å²) in [6.07, 6.45) is 6.86. The van der Waals surface area contributed by atoms with Crippen molar-refractivity contribution in [1.82, 2.24) is 4.98 Å². The van der Waals surface area contributed by atoms with Crippen LogP contribution in [-0.4, -0.2) is 25.2 Å². The highest BCUT2D eigenvalue weighted by atomic mass is 16.5. The highest BCUT2D eigenvalue weighted by Gasteiger charge is 2.03. The number of methoxy groups -OCH3 is 1. The average Bonchev–Trinajstić information content (AvgIpc) is 2.82. The van der Waals surface area contributed by atoms with Crippen LogP contribution in [0, 0.1) is 0 Å². The monoisotopic (exact) mass is 234 g/mol. The number of rotatable bonds is 7. The van der Waals surface area contributed by atoms with Crippen molar-refractivity contribution < 1.29 is 9.15 Å². The quantitative estimate of drug-likeness (QED) is 0.748. The van der Waals surface area contributed by atoms with E-state index in [2.05, 4.69) is 10.3 Å². The highest BCUT2D eigenvalue weighted by molar-refractivity contribution is 5.87. The van der Waals surface area contributed by atoms with Gasteiger partial charge in [0.25, 0.3) is 0 Å². The number of pyridine rings is 1. The Bertz CT molecular complexity index is 453. The number of ether oxygens (including phenoxy) is 1. The zero-order valence-electron chi connectivity index (χ0n) is 10.1. The van der Waals surface area contributed by atoms with Gasteiger partial charge < -0.3 is 14.5 Å². The summed E-state index contributed by atoms with van der Waals surface area (Å²) >= 11 is 0. The normalized spacial score (nSPS) is 10.9. The molecule has 0 radical (unpaired) electrons. The third-order valence-electron chi connectivity index (χ3n) is 2.70. The first kappa shape index (κ1) is 11.9. The smallest absolute Gasteiger partial charge is 0.139 e. The first-order chi connectivity index (χ1) is 8.42. The highest BCUT2D eigenvalue weighted by Crippen LogP contribution is 2.21. The fourth-order valence-corrected chi connectivity index (χ4v) is 1.79. The van der Waals surface area contributed by atoms with Crippen LogP contribution in [0.25, 0.3) is 11.0 Å². The minimum Gasteiger partial charge on any atom is -0.464 e. The maximum absolute atomic E-state index is 5.32. The maximum atomic E-state index is 5.32. The van der Waals surface area contributed by atoms with E-state index in [9.17, 15) is 0 Å². The van der Waals surface area contributed by atoms with E-state index in [1.807, 2.05) is 12.1 Å². The van der Waals surface area contributed by atoms with Gasteiger partial charge >= 0.3 is 0 Å². The second kappa shape index (κ2) is 6.25. The standard InChI is InChI=1S/C13H18N2O2/c1-16-9-4-2-3-7-14-13-11-6-10-17-12(11)5-8-15-13/h5-6,8,10H,2-4,7,9H2,1H3,(H,14,15). The molecule has 0 aliphatic heterocycles. The van der Waals surface area contributed by atoms with Crippen LogP contribution in [0.15, 0.2) is 29.0 Å². The van der Waals surface area contributed by atoms with E-state index in [4.69, 9.17) is 9.15 Å². The molecule has 92 valence electrons. The summed E-state index contributed by atoms with van der Waals surface area (Å²) in [5.74, 6) is 0.906. The van der Waals surface area contributed by atoms with Crippen LogP contribution in [0.3, 0.4) is 0 Å². The van der Waals surface area contributed by atoms with Crippen molar-refractivity contribution in [1.29, 1.82) is 0 Å². The van der Waals surface area contributed by atoms with Crippen molar-refractivity contribution in [3.63, 3.8) is 0 Å². The summed E-state index contributed by atoms with van der Waals surface area (Å²) in [7, 11) is 1.74. The molecule has 0 unspecified atom stereocenters. The van der Waals surface area contributed by atoms with Gasteiger partial charge in [-0.25, -0.2) is 4.98 Å². The Labute approximate surface area is 101 Å². The summed E-state index contributed by atoms with van der Waals surface area (Å²) in [4.78, 5) is 4.32. The molecule has 17 heavy (non-hydrogen) atoms. The molecule has 0 aliphatic carbocycles. The summed E-state index contributed by atoms with van der Waals surface area (Å²) in [5, 5.41) is 4.38. The van der Waals surface area contributed by atoms with E-state index >= 15 is 0 Å². The first-order valence-electron chi connectivity index (χ1n) is 5.97. The van der Waals surface area contributed by atoms with E-state index in [0.717, 1.165) is 42.8 Å². The topological polar surface area (TPSA) is 47.3 Å². The van der Waals surface area contributed by atoms with Gasteiger partial charge in [0.2, 0.25) is 0 Å². The Kier molecular flexibility index (Phi) is 4.38. The van der Waals surface area contributed by atoms with E-state index in [1.165, 1.54) is 6.42 Å². The van der Waals surface area contributed by atoms with Gasteiger partial charge in [0.05, 0.1) is 11.6 Å². The minimum atomic E-state index is 0.843. The summed E-state index contributed by atoms with van der Waals surface area (Å²) in [5.41, 5.74) is 0.877. The Morgan fingerprint density at radius 3 is 3.12 bits per heavy atom. The SMILES string of the molecule is COCCCCCNc1nccc2occc12. The zero-order valence-corrected chi connectivity index (χ0v) is 10.1. The predicted octanol–water partition coefficient (Wildman–Crippen LogP) is 3.06. The van der Waals surface area contributed by atoms with Crippen LogP contribution in [0.4, 0.5) is 5.82 Å². The van der Waals surface area contributed by atoms with Crippen LogP contribution in [0.1, 0.15) is 19.3 Å². The fraction of sp³-hybridized carbons (Fsp3) is 0.462. The van der Waals surface area contributed by atoms with Gasteiger partial charge in [0.1, 0.15) is 11.4 Å². The lowest BCUT2D eigenvalue weighted by Crippen LogP contribution is -2.03. The molecular formula is C13H18N2O2. The molecule has 0 saturated carbocycles. The Balaban J connectivity index is 1.80. The van der Waals surface area contributed by atoms with Crippen molar-refractivity contribution in [2.75, 3.05) is 25.6 Å². The molecule has 0 atom stereocenters. The number of unbranched alkanes of at least 4 members (excludes halogenated alkanes) is 2. The molecular weight excluding hydrogens is 216 g/mol. The van der Waals surface area contributed by atoms with Crippen molar-refractivity contribution in [2.45, 2.75) is 19.3 Å². The summed E-state index contributed by atoms with van der Waals surface area (Å²) in [6, 6.07) is 3.81. The van der Waals surface area contributed by atoms with Crippen LogP contribution in [0.5, 0.6) is 0 Å². The fourth-order valence-electron chi connectivity index (χ4n) is 1.79. The molecule has 0 bridgehead atoms. The minimum absolute atomic E-state index is 0.843. The van der Waals surface area contributed by atoms with Gasteiger partial charge in [-0.3, -0.25) is 0 Å². The predicted molar refractivity (Wildman–Crippen MR) is 68.2 cm³/mol. The molecule has 0 aromatic carbocycles. The molecule has 0 spiro atoms. The molecule has 4 nitrogen and oxygen atoms in total. The van der Waals surface area contributed by atoms with E-state index in [0.29, 0.717) is 0 Å². The number of hydrogen-bond donors (Lipinski definition) is 1. The molecule has 2 heterocycles.